The Labute approximate surface area is 167 Å². The van der Waals surface area contributed by atoms with Crippen LogP contribution in [0.2, 0.25) is 0 Å². The van der Waals surface area contributed by atoms with Crippen LogP contribution in [-0.4, -0.2) is 48.9 Å². The lowest BCUT2D eigenvalue weighted by atomic mass is 10.00. The molecule has 1 saturated heterocycles. The molecule has 0 unspecified atom stereocenters. The monoisotopic (exact) mass is 394 g/mol. The summed E-state index contributed by atoms with van der Waals surface area (Å²) in [7, 11) is 1.88. The summed E-state index contributed by atoms with van der Waals surface area (Å²) < 4.78 is 12.8. The average Bonchev–Trinajstić information content (AvgIpc) is 3.45. The lowest BCUT2D eigenvalue weighted by molar-refractivity contribution is 0.0747. The largest absolute Gasteiger partial charge is 0.381 e. The Morgan fingerprint density at radius 2 is 2.07 bits per heavy atom. The third-order valence-electron chi connectivity index (χ3n) is 5.72. The first kappa shape index (κ1) is 18.0. The minimum atomic E-state index is -0.0360. The van der Waals surface area contributed by atoms with Crippen LogP contribution in [-0.2, 0) is 24.9 Å². The van der Waals surface area contributed by atoms with Crippen LogP contribution >= 0.6 is 0 Å². The highest BCUT2D eigenvalue weighted by atomic mass is 16.5. The van der Waals surface area contributed by atoms with Gasteiger partial charge >= 0.3 is 0 Å². The number of amides is 1. The molecular weight excluding hydrogens is 372 g/mol. The van der Waals surface area contributed by atoms with Crippen molar-refractivity contribution in [1.82, 2.24) is 29.8 Å². The molecule has 1 fully saturated rings. The maximum Gasteiger partial charge on any atom is 0.278 e. The number of carbonyl (C=O) groups is 1. The molecule has 2 aliphatic heterocycles. The number of hydrogen-bond acceptors (Lipinski definition) is 7. The van der Waals surface area contributed by atoms with Crippen molar-refractivity contribution in [3.05, 3.63) is 46.7 Å². The Bertz CT molecular complexity index is 1070. The van der Waals surface area contributed by atoms with Gasteiger partial charge in [-0.25, -0.2) is 0 Å². The SMILES string of the molecule is Cc1ncccc1C(=O)N1Cc2c(-c3nc(C4CCOCC4)no3)nn(C)c2C1. The highest BCUT2D eigenvalue weighted by Crippen LogP contribution is 2.33. The van der Waals surface area contributed by atoms with Crippen LogP contribution in [0.5, 0.6) is 0 Å². The first-order chi connectivity index (χ1) is 14.1. The van der Waals surface area contributed by atoms with Gasteiger partial charge < -0.3 is 14.2 Å². The molecule has 5 heterocycles. The lowest BCUT2D eigenvalue weighted by Gasteiger charge is -2.18. The highest BCUT2D eigenvalue weighted by Gasteiger charge is 2.33. The number of fused-ring (bicyclic) bond motifs is 1. The topological polar surface area (TPSA) is 99.2 Å². The van der Waals surface area contributed by atoms with Crippen molar-refractivity contribution in [1.29, 1.82) is 0 Å². The molecule has 5 rings (SSSR count). The first-order valence-electron chi connectivity index (χ1n) is 9.79. The van der Waals surface area contributed by atoms with Crippen molar-refractivity contribution in [3.8, 4) is 11.6 Å². The molecule has 2 aliphatic rings. The van der Waals surface area contributed by atoms with Gasteiger partial charge in [0, 0.05) is 43.6 Å². The van der Waals surface area contributed by atoms with Gasteiger partial charge in [-0.1, -0.05) is 5.16 Å². The third-order valence-corrected chi connectivity index (χ3v) is 5.72. The lowest BCUT2D eigenvalue weighted by Crippen LogP contribution is -2.27. The standard InChI is InChI=1S/C20H22N6O3/c1-12-14(4-3-7-21-12)20(27)26-10-15-16(11-26)25(2)23-17(15)19-22-18(24-29-19)13-5-8-28-9-6-13/h3-4,7,13H,5-6,8-11H2,1-2H3. The molecule has 1 amide bonds. The van der Waals surface area contributed by atoms with E-state index in [1.165, 1.54) is 0 Å². The Morgan fingerprint density at radius 1 is 1.24 bits per heavy atom. The second-order valence-corrected chi connectivity index (χ2v) is 7.54. The molecule has 3 aromatic rings. The van der Waals surface area contributed by atoms with Gasteiger partial charge in [-0.3, -0.25) is 14.5 Å². The molecule has 0 bridgehead atoms. The summed E-state index contributed by atoms with van der Waals surface area (Å²) in [6, 6.07) is 3.59. The fourth-order valence-electron chi connectivity index (χ4n) is 4.04. The number of rotatable bonds is 3. The summed E-state index contributed by atoms with van der Waals surface area (Å²) in [4.78, 5) is 23.6. The number of ether oxygens (including phenoxy) is 1. The average molecular weight is 394 g/mol. The second-order valence-electron chi connectivity index (χ2n) is 7.54. The first-order valence-corrected chi connectivity index (χ1v) is 9.79. The number of pyridine rings is 1. The van der Waals surface area contributed by atoms with Crippen molar-refractivity contribution in [2.24, 2.45) is 7.05 Å². The van der Waals surface area contributed by atoms with Crippen molar-refractivity contribution >= 4 is 5.91 Å². The Kier molecular flexibility index (Phi) is 4.39. The summed E-state index contributed by atoms with van der Waals surface area (Å²) in [6.45, 7) is 4.24. The predicted octanol–water partition coefficient (Wildman–Crippen LogP) is 2.22. The van der Waals surface area contributed by atoms with Crippen molar-refractivity contribution in [2.75, 3.05) is 13.2 Å². The molecule has 0 atom stereocenters. The van der Waals surface area contributed by atoms with E-state index in [1.807, 2.05) is 20.0 Å². The van der Waals surface area contributed by atoms with Gasteiger partial charge in [-0.15, -0.1) is 0 Å². The van der Waals surface area contributed by atoms with E-state index in [-0.39, 0.29) is 11.8 Å². The minimum absolute atomic E-state index is 0.0360. The maximum absolute atomic E-state index is 13.0. The van der Waals surface area contributed by atoms with Gasteiger partial charge in [0.15, 0.2) is 11.5 Å². The number of nitrogens with zero attached hydrogens (tertiary/aromatic N) is 6. The molecule has 0 aromatic carbocycles. The van der Waals surface area contributed by atoms with Crippen LogP contribution in [0.15, 0.2) is 22.9 Å². The van der Waals surface area contributed by atoms with Gasteiger partial charge in [-0.2, -0.15) is 10.1 Å². The van der Waals surface area contributed by atoms with E-state index in [0.29, 0.717) is 36.1 Å². The zero-order chi connectivity index (χ0) is 20.0. The van der Waals surface area contributed by atoms with Gasteiger partial charge in [-0.05, 0) is 31.9 Å². The molecule has 29 heavy (non-hydrogen) atoms. The second kappa shape index (κ2) is 7.07. The number of hydrogen-bond donors (Lipinski definition) is 0. The molecule has 0 saturated carbocycles. The van der Waals surface area contributed by atoms with E-state index in [4.69, 9.17) is 9.26 Å². The minimum Gasteiger partial charge on any atom is -0.381 e. The third kappa shape index (κ3) is 3.11. The molecule has 150 valence electrons. The van der Waals surface area contributed by atoms with Crippen LogP contribution in [0.3, 0.4) is 0 Å². The Morgan fingerprint density at radius 3 is 2.86 bits per heavy atom. The van der Waals surface area contributed by atoms with Crippen molar-refractivity contribution in [3.63, 3.8) is 0 Å². The molecule has 9 nitrogen and oxygen atoms in total. The predicted molar refractivity (Wildman–Crippen MR) is 102 cm³/mol. The quantitative estimate of drug-likeness (QED) is 0.671. The number of carbonyl (C=O) groups excluding carboxylic acids is 1. The maximum atomic E-state index is 13.0. The van der Waals surface area contributed by atoms with E-state index in [2.05, 4.69) is 20.2 Å². The Balaban J connectivity index is 1.41. The molecule has 0 aliphatic carbocycles. The van der Waals surface area contributed by atoms with Crippen LogP contribution < -0.4 is 0 Å². The molecule has 0 N–H and O–H groups in total. The molecule has 3 aromatic heterocycles. The van der Waals surface area contributed by atoms with E-state index in [9.17, 15) is 4.79 Å². The fourth-order valence-corrected chi connectivity index (χ4v) is 4.04. The molecule has 9 heteroatoms. The smallest absolute Gasteiger partial charge is 0.278 e. The zero-order valence-electron chi connectivity index (χ0n) is 16.5. The summed E-state index contributed by atoms with van der Waals surface area (Å²) in [6.07, 6.45) is 3.48. The van der Waals surface area contributed by atoms with E-state index in [0.717, 1.165) is 43.0 Å². The van der Waals surface area contributed by atoms with Crippen molar-refractivity contribution in [2.45, 2.75) is 38.8 Å². The normalized spacial score (nSPS) is 17.0. The van der Waals surface area contributed by atoms with E-state index < -0.39 is 0 Å². The summed E-state index contributed by atoms with van der Waals surface area (Å²) in [5.74, 6) is 1.34. The van der Waals surface area contributed by atoms with Gasteiger partial charge in [0.25, 0.3) is 11.8 Å². The van der Waals surface area contributed by atoms with Crippen LogP contribution in [0.25, 0.3) is 11.6 Å². The molecule has 0 spiro atoms. The Hall–Kier alpha value is -3.07. The number of aromatic nitrogens is 5. The molecular formula is C20H22N6O3. The van der Waals surface area contributed by atoms with E-state index in [1.54, 1.807) is 21.8 Å². The number of aryl methyl sites for hydroxylation is 2. The van der Waals surface area contributed by atoms with Gasteiger partial charge in [0.2, 0.25) is 0 Å². The van der Waals surface area contributed by atoms with Crippen LogP contribution in [0, 0.1) is 6.92 Å². The fraction of sp³-hybridized carbons (Fsp3) is 0.450. The van der Waals surface area contributed by atoms with Crippen LogP contribution in [0.1, 0.15) is 51.9 Å². The van der Waals surface area contributed by atoms with Gasteiger partial charge in [0.05, 0.1) is 24.3 Å². The highest BCUT2D eigenvalue weighted by molar-refractivity contribution is 5.95. The van der Waals surface area contributed by atoms with Gasteiger partial charge in [0.1, 0.15) is 0 Å². The summed E-state index contributed by atoms with van der Waals surface area (Å²) in [5, 5.41) is 8.78. The summed E-state index contributed by atoms with van der Waals surface area (Å²) >= 11 is 0. The molecule has 0 radical (unpaired) electrons. The zero-order valence-corrected chi connectivity index (χ0v) is 16.5. The van der Waals surface area contributed by atoms with Crippen molar-refractivity contribution < 1.29 is 14.1 Å². The summed E-state index contributed by atoms with van der Waals surface area (Å²) in [5.41, 5.74) is 3.95. The van der Waals surface area contributed by atoms with Crippen LogP contribution in [0.4, 0.5) is 0 Å². The van der Waals surface area contributed by atoms with E-state index >= 15 is 0 Å².